The summed E-state index contributed by atoms with van der Waals surface area (Å²) in [6, 6.07) is 2.37. The highest BCUT2D eigenvalue weighted by Gasteiger charge is 2.29. The van der Waals surface area contributed by atoms with Gasteiger partial charge in [0.25, 0.3) is 0 Å². The van der Waals surface area contributed by atoms with Crippen LogP contribution in [0.15, 0.2) is 28.0 Å². The molecular formula is C14H21FN2O4S2. The van der Waals surface area contributed by atoms with E-state index >= 15 is 0 Å². The zero-order valence-electron chi connectivity index (χ0n) is 12.8. The van der Waals surface area contributed by atoms with Crippen molar-refractivity contribution >= 4 is 19.9 Å². The molecule has 1 unspecified atom stereocenters. The van der Waals surface area contributed by atoms with Crippen LogP contribution in [0.25, 0.3) is 0 Å². The van der Waals surface area contributed by atoms with Gasteiger partial charge in [0.05, 0.1) is 4.90 Å². The van der Waals surface area contributed by atoms with Crippen LogP contribution in [0, 0.1) is 11.7 Å². The summed E-state index contributed by atoms with van der Waals surface area (Å²) >= 11 is 0. The summed E-state index contributed by atoms with van der Waals surface area (Å²) in [5.41, 5.74) is 5.67. The third-order valence-electron chi connectivity index (χ3n) is 4.14. The van der Waals surface area contributed by atoms with Crippen molar-refractivity contribution in [1.29, 1.82) is 0 Å². The van der Waals surface area contributed by atoms with Crippen LogP contribution in [0.5, 0.6) is 0 Å². The molecule has 1 aliphatic carbocycles. The van der Waals surface area contributed by atoms with Crippen LogP contribution in [0.2, 0.25) is 0 Å². The van der Waals surface area contributed by atoms with Gasteiger partial charge < -0.3 is 5.73 Å². The number of nitrogens with two attached hydrogens (primary N) is 1. The van der Waals surface area contributed by atoms with Crippen LogP contribution in [-0.2, 0) is 19.9 Å². The van der Waals surface area contributed by atoms with Gasteiger partial charge in [-0.1, -0.05) is 12.8 Å². The minimum Gasteiger partial charge on any atom is -0.329 e. The van der Waals surface area contributed by atoms with Gasteiger partial charge in [0.15, 0.2) is 9.84 Å². The molecule has 0 radical (unpaired) electrons. The monoisotopic (exact) mass is 364 g/mol. The van der Waals surface area contributed by atoms with Crippen molar-refractivity contribution in [2.45, 2.75) is 41.5 Å². The van der Waals surface area contributed by atoms with Crippen molar-refractivity contribution in [1.82, 2.24) is 4.72 Å². The van der Waals surface area contributed by atoms with E-state index in [1.165, 1.54) is 0 Å². The lowest BCUT2D eigenvalue weighted by Gasteiger charge is -2.23. The van der Waals surface area contributed by atoms with E-state index in [1.54, 1.807) is 0 Å². The minimum absolute atomic E-state index is 0.161. The van der Waals surface area contributed by atoms with Crippen LogP contribution in [-0.4, -0.2) is 35.7 Å². The molecule has 0 aliphatic heterocycles. The van der Waals surface area contributed by atoms with Crippen LogP contribution >= 0.6 is 0 Å². The number of hydrogen-bond acceptors (Lipinski definition) is 5. The van der Waals surface area contributed by atoms with Gasteiger partial charge in [-0.15, -0.1) is 0 Å². The first-order valence-corrected chi connectivity index (χ1v) is 10.7. The normalized spacial score (nSPS) is 18.2. The summed E-state index contributed by atoms with van der Waals surface area (Å²) in [7, 11) is -7.71. The Labute approximate surface area is 136 Å². The quantitative estimate of drug-likeness (QED) is 0.784. The topological polar surface area (TPSA) is 106 Å². The predicted octanol–water partition coefficient (Wildman–Crippen LogP) is 1.02. The number of rotatable bonds is 6. The number of halogens is 1. The second-order valence-electron chi connectivity index (χ2n) is 5.87. The maximum Gasteiger partial charge on any atom is 0.240 e. The van der Waals surface area contributed by atoms with E-state index in [-0.39, 0.29) is 17.4 Å². The van der Waals surface area contributed by atoms with Crippen molar-refractivity contribution in [3.05, 3.63) is 24.0 Å². The highest BCUT2D eigenvalue weighted by molar-refractivity contribution is 7.90. The highest BCUT2D eigenvalue weighted by atomic mass is 32.2. The Hall–Kier alpha value is -1.03. The van der Waals surface area contributed by atoms with Gasteiger partial charge >= 0.3 is 0 Å². The Morgan fingerprint density at radius 1 is 1.26 bits per heavy atom. The standard InChI is InChI=1S/C14H21FN2O4S2/c1-22(18,19)14-7-6-11(8-12(14)15)23(20,21)17-13(9-16)10-4-2-3-5-10/h6-8,10,13,17H,2-5,9,16H2,1H3. The number of nitrogens with one attached hydrogen (secondary N) is 1. The van der Waals surface area contributed by atoms with Crippen molar-refractivity contribution in [3.63, 3.8) is 0 Å². The smallest absolute Gasteiger partial charge is 0.240 e. The third kappa shape index (κ3) is 4.28. The van der Waals surface area contributed by atoms with Gasteiger partial charge in [0.1, 0.15) is 10.7 Å². The molecule has 1 aromatic rings. The van der Waals surface area contributed by atoms with Gasteiger partial charge in [-0.05, 0) is 37.0 Å². The molecule has 0 heterocycles. The van der Waals surface area contributed by atoms with Crippen LogP contribution in [0.1, 0.15) is 25.7 Å². The molecular weight excluding hydrogens is 343 g/mol. The summed E-state index contributed by atoms with van der Waals surface area (Å²) in [6.07, 6.45) is 4.76. The number of benzene rings is 1. The first kappa shape index (κ1) is 18.3. The molecule has 2 rings (SSSR count). The fourth-order valence-corrected chi connectivity index (χ4v) is 4.97. The molecule has 1 aliphatic rings. The van der Waals surface area contributed by atoms with Gasteiger partial charge in [-0.2, -0.15) is 0 Å². The SMILES string of the molecule is CS(=O)(=O)c1ccc(S(=O)(=O)NC(CN)C2CCCC2)cc1F. The maximum atomic E-state index is 13.9. The first-order valence-electron chi connectivity index (χ1n) is 7.37. The molecule has 0 aromatic heterocycles. The largest absolute Gasteiger partial charge is 0.329 e. The molecule has 9 heteroatoms. The van der Waals surface area contributed by atoms with E-state index in [2.05, 4.69) is 4.72 Å². The summed E-state index contributed by atoms with van der Waals surface area (Å²) in [5.74, 6) is -0.907. The van der Waals surface area contributed by atoms with Crippen molar-refractivity contribution in [3.8, 4) is 0 Å². The molecule has 0 amide bonds. The Kier molecular flexibility index (Phi) is 5.44. The molecule has 130 valence electrons. The predicted molar refractivity (Wildman–Crippen MR) is 84.6 cm³/mol. The molecule has 23 heavy (non-hydrogen) atoms. The second-order valence-corrected chi connectivity index (χ2v) is 9.57. The lowest BCUT2D eigenvalue weighted by molar-refractivity contribution is 0.405. The molecule has 1 aromatic carbocycles. The van der Waals surface area contributed by atoms with Crippen LogP contribution in [0.3, 0.4) is 0 Å². The van der Waals surface area contributed by atoms with Gasteiger partial charge in [-0.3, -0.25) is 0 Å². The van der Waals surface area contributed by atoms with E-state index in [0.717, 1.165) is 50.1 Å². The molecule has 0 spiro atoms. The van der Waals surface area contributed by atoms with Crippen molar-refractivity contribution < 1.29 is 21.2 Å². The highest BCUT2D eigenvalue weighted by Crippen LogP contribution is 2.28. The molecule has 1 saturated carbocycles. The van der Waals surface area contributed by atoms with Gasteiger partial charge in [0, 0.05) is 18.8 Å². The lowest BCUT2D eigenvalue weighted by atomic mass is 9.99. The molecule has 0 bridgehead atoms. The van der Waals surface area contributed by atoms with E-state index in [9.17, 15) is 21.2 Å². The van der Waals surface area contributed by atoms with Crippen LogP contribution < -0.4 is 10.5 Å². The van der Waals surface area contributed by atoms with Crippen LogP contribution in [0.4, 0.5) is 4.39 Å². The number of sulfone groups is 1. The Morgan fingerprint density at radius 3 is 2.35 bits per heavy atom. The van der Waals surface area contributed by atoms with E-state index < -0.39 is 36.6 Å². The summed E-state index contributed by atoms with van der Waals surface area (Å²) in [6.45, 7) is 0.161. The zero-order chi connectivity index (χ0) is 17.3. The zero-order valence-corrected chi connectivity index (χ0v) is 14.5. The van der Waals surface area contributed by atoms with Crippen molar-refractivity contribution in [2.24, 2.45) is 11.7 Å². The maximum absolute atomic E-state index is 13.9. The fourth-order valence-electron chi connectivity index (χ4n) is 2.91. The Bertz CT molecular complexity index is 772. The minimum atomic E-state index is -3.96. The van der Waals surface area contributed by atoms with Gasteiger partial charge in [0.2, 0.25) is 10.0 Å². The first-order chi connectivity index (χ1) is 10.6. The van der Waals surface area contributed by atoms with E-state index in [0.29, 0.717) is 0 Å². The van der Waals surface area contributed by atoms with E-state index in [4.69, 9.17) is 5.73 Å². The molecule has 1 fully saturated rings. The molecule has 3 N–H and O–H groups in total. The average molecular weight is 364 g/mol. The number of sulfonamides is 1. The van der Waals surface area contributed by atoms with E-state index in [1.807, 2.05) is 0 Å². The average Bonchev–Trinajstić information content (AvgIpc) is 2.97. The summed E-state index contributed by atoms with van der Waals surface area (Å²) in [4.78, 5) is -0.832. The molecule has 0 saturated heterocycles. The summed E-state index contributed by atoms with van der Waals surface area (Å²) in [5, 5.41) is 0. The second kappa shape index (κ2) is 6.84. The molecule has 6 nitrogen and oxygen atoms in total. The summed E-state index contributed by atoms with van der Waals surface area (Å²) < 4.78 is 64.0. The fraction of sp³-hybridized carbons (Fsp3) is 0.571. The van der Waals surface area contributed by atoms with Crippen molar-refractivity contribution in [2.75, 3.05) is 12.8 Å². The third-order valence-corrected chi connectivity index (χ3v) is 6.76. The Morgan fingerprint density at radius 2 is 1.87 bits per heavy atom. The van der Waals surface area contributed by atoms with Gasteiger partial charge in [-0.25, -0.2) is 25.9 Å². The Balaban J connectivity index is 2.27. The molecule has 1 atom stereocenters. The lowest BCUT2D eigenvalue weighted by Crippen LogP contribution is -2.44. The number of hydrogen-bond donors (Lipinski definition) is 2.